The molecule has 0 aliphatic rings. The summed E-state index contributed by atoms with van der Waals surface area (Å²) in [5, 5.41) is 0. The summed E-state index contributed by atoms with van der Waals surface area (Å²) in [6.45, 7) is 0.338. The highest BCUT2D eigenvalue weighted by Crippen LogP contribution is 2.20. The topological polar surface area (TPSA) is 9.23 Å². The second-order valence-corrected chi connectivity index (χ2v) is 3.35. The fourth-order valence-corrected chi connectivity index (χ4v) is 1.07. The zero-order valence-electron chi connectivity index (χ0n) is 6.64. The van der Waals surface area contributed by atoms with Crippen molar-refractivity contribution in [1.29, 1.82) is 0 Å². The molecule has 0 unspecified atom stereocenters. The lowest BCUT2D eigenvalue weighted by atomic mass is 10.3. The van der Waals surface area contributed by atoms with Crippen molar-refractivity contribution < 1.29 is 9.13 Å². The minimum absolute atomic E-state index is 0.338. The van der Waals surface area contributed by atoms with Crippen LogP contribution in [0, 0.1) is 5.82 Å². The summed E-state index contributed by atoms with van der Waals surface area (Å²) in [6.07, 6.45) is 1.63. The monoisotopic (exact) mass is 264 g/mol. The lowest BCUT2D eigenvalue weighted by molar-refractivity contribution is 0.360. The Bertz CT molecular complexity index is 314. The van der Waals surface area contributed by atoms with E-state index < -0.39 is 0 Å². The first-order valence-electron chi connectivity index (χ1n) is 3.57. The Hall–Kier alpha value is -0.540. The molecule has 1 aromatic carbocycles. The van der Waals surface area contributed by atoms with Crippen molar-refractivity contribution in [1.82, 2.24) is 0 Å². The van der Waals surface area contributed by atoms with E-state index in [2.05, 4.69) is 15.9 Å². The standard InChI is InChI=1S/C9H7BrClFO/c10-8-3-2-7(6-9(8)12)13-5-1-4-11/h1-4,6H,5H2/b4-1+. The Morgan fingerprint density at radius 1 is 1.54 bits per heavy atom. The molecule has 0 aliphatic heterocycles. The van der Waals surface area contributed by atoms with Crippen LogP contribution in [-0.2, 0) is 0 Å². The zero-order chi connectivity index (χ0) is 9.68. The first-order chi connectivity index (χ1) is 6.24. The van der Waals surface area contributed by atoms with Gasteiger partial charge in [-0.3, -0.25) is 0 Å². The van der Waals surface area contributed by atoms with E-state index >= 15 is 0 Å². The van der Waals surface area contributed by atoms with Crippen molar-refractivity contribution >= 4 is 27.5 Å². The molecule has 0 bridgehead atoms. The molecule has 4 heteroatoms. The normalized spacial score (nSPS) is 10.7. The molecule has 0 radical (unpaired) electrons. The van der Waals surface area contributed by atoms with E-state index in [0.29, 0.717) is 16.8 Å². The Balaban J connectivity index is 2.63. The van der Waals surface area contributed by atoms with Crippen molar-refractivity contribution in [2.75, 3.05) is 6.61 Å². The smallest absolute Gasteiger partial charge is 0.141 e. The maximum Gasteiger partial charge on any atom is 0.141 e. The van der Waals surface area contributed by atoms with Gasteiger partial charge in [0, 0.05) is 11.6 Å². The second-order valence-electron chi connectivity index (χ2n) is 2.25. The van der Waals surface area contributed by atoms with Gasteiger partial charge in [0.05, 0.1) is 4.47 Å². The van der Waals surface area contributed by atoms with Gasteiger partial charge in [-0.25, -0.2) is 4.39 Å². The van der Waals surface area contributed by atoms with Crippen molar-refractivity contribution in [3.05, 3.63) is 40.1 Å². The molecule has 0 spiro atoms. The molecule has 0 saturated heterocycles. The summed E-state index contributed by atoms with van der Waals surface area (Å²) < 4.78 is 18.5. The highest BCUT2D eigenvalue weighted by molar-refractivity contribution is 9.10. The average molecular weight is 266 g/mol. The molecule has 0 heterocycles. The number of rotatable bonds is 3. The fraction of sp³-hybridized carbons (Fsp3) is 0.111. The molecule has 0 atom stereocenters. The van der Waals surface area contributed by atoms with E-state index in [4.69, 9.17) is 16.3 Å². The minimum Gasteiger partial charge on any atom is -0.489 e. The van der Waals surface area contributed by atoms with Crippen LogP contribution in [0.2, 0.25) is 0 Å². The van der Waals surface area contributed by atoms with Gasteiger partial charge in [0.2, 0.25) is 0 Å². The highest BCUT2D eigenvalue weighted by atomic mass is 79.9. The third-order valence-corrected chi connectivity index (χ3v) is 2.15. The molecule has 70 valence electrons. The van der Waals surface area contributed by atoms with Crippen molar-refractivity contribution in [2.24, 2.45) is 0 Å². The van der Waals surface area contributed by atoms with E-state index in [9.17, 15) is 4.39 Å². The lowest BCUT2D eigenvalue weighted by Gasteiger charge is -2.03. The van der Waals surface area contributed by atoms with Crippen LogP contribution in [0.1, 0.15) is 0 Å². The summed E-state index contributed by atoms with van der Waals surface area (Å²) in [5.41, 5.74) is 1.36. The van der Waals surface area contributed by atoms with Gasteiger partial charge < -0.3 is 4.74 Å². The van der Waals surface area contributed by atoms with Crippen LogP contribution < -0.4 is 4.74 Å². The van der Waals surface area contributed by atoms with Gasteiger partial charge in [0.25, 0.3) is 0 Å². The Morgan fingerprint density at radius 3 is 2.92 bits per heavy atom. The molecule has 1 aromatic rings. The minimum atomic E-state index is -0.340. The van der Waals surface area contributed by atoms with Crippen LogP contribution in [0.4, 0.5) is 4.39 Å². The zero-order valence-corrected chi connectivity index (χ0v) is 8.98. The summed E-state index contributed by atoms with van der Waals surface area (Å²) in [5.74, 6) is 0.141. The number of hydrogen-bond donors (Lipinski definition) is 0. The van der Waals surface area contributed by atoms with Crippen LogP contribution >= 0.6 is 27.5 Å². The first-order valence-corrected chi connectivity index (χ1v) is 4.80. The molecule has 13 heavy (non-hydrogen) atoms. The van der Waals surface area contributed by atoms with Gasteiger partial charge in [0.1, 0.15) is 18.2 Å². The number of benzene rings is 1. The average Bonchev–Trinajstić information content (AvgIpc) is 2.12. The van der Waals surface area contributed by atoms with Crippen LogP contribution in [0.5, 0.6) is 5.75 Å². The summed E-state index contributed by atoms with van der Waals surface area (Å²) >= 11 is 8.33. The van der Waals surface area contributed by atoms with Crippen molar-refractivity contribution in [3.63, 3.8) is 0 Å². The number of halogens is 3. The quantitative estimate of drug-likeness (QED) is 0.809. The third-order valence-electron chi connectivity index (χ3n) is 1.33. The molecule has 0 fully saturated rings. The van der Waals surface area contributed by atoms with Crippen LogP contribution in [0.3, 0.4) is 0 Å². The molecule has 0 N–H and O–H groups in total. The predicted octanol–water partition coefficient (Wildman–Crippen LogP) is 3.72. The van der Waals surface area contributed by atoms with Gasteiger partial charge >= 0.3 is 0 Å². The second kappa shape index (κ2) is 5.25. The summed E-state index contributed by atoms with van der Waals surface area (Å²) in [7, 11) is 0. The third kappa shape index (κ3) is 3.36. The summed E-state index contributed by atoms with van der Waals surface area (Å²) in [4.78, 5) is 0. The predicted molar refractivity (Wildman–Crippen MR) is 54.6 cm³/mol. The van der Waals surface area contributed by atoms with E-state index in [0.717, 1.165) is 0 Å². The van der Waals surface area contributed by atoms with E-state index in [1.807, 2.05) is 0 Å². The first kappa shape index (κ1) is 10.5. The largest absolute Gasteiger partial charge is 0.489 e. The summed E-state index contributed by atoms with van der Waals surface area (Å²) in [6, 6.07) is 4.58. The van der Waals surface area contributed by atoms with Gasteiger partial charge in [0.15, 0.2) is 0 Å². The molecule has 0 aliphatic carbocycles. The molecule has 1 rings (SSSR count). The van der Waals surface area contributed by atoms with E-state index in [1.54, 1.807) is 18.2 Å². The Morgan fingerprint density at radius 2 is 2.31 bits per heavy atom. The van der Waals surface area contributed by atoms with Gasteiger partial charge in [-0.05, 0) is 34.1 Å². The van der Waals surface area contributed by atoms with Crippen LogP contribution in [0.25, 0.3) is 0 Å². The molecule has 0 aromatic heterocycles. The van der Waals surface area contributed by atoms with Crippen molar-refractivity contribution in [3.8, 4) is 5.75 Å². The van der Waals surface area contributed by atoms with Crippen LogP contribution in [-0.4, -0.2) is 6.61 Å². The maximum atomic E-state index is 12.9. The number of ether oxygens (including phenoxy) is 1. The Kier molecular flexibility index (Phi) is 4.25. The SMILES string of the molecule is Fc1cc(OC/C=C/Cl)ccc1Br. The van der Waals surface area contributed by atoms with Crippen LogP contribution in [0.15, 0.2) is 34.3 Å². The molecular weight excluding hydrogens is 258 g/mol. The number of hydrogen-bond acceptors (Lipinski definition) is 1. The highest BCUT2D eigenvalue weighted by Gasteiger charge is 1.99. The van der Waals surface area contributed by atoms with E-state index in [1.165, 1.54) is 11.6 Å². The molecule has 1 nitrogen and oxygen atoms in total. The van der Waals surface area contributed by atoms with Crippen molar-refractivity contribution in [2.45, 2.75) is 0 Å². The van der Waals surface area contributed by atoms with Gasteiger partial charge in [-0.2, -0.15) is 0 Å². The Labute approximate surface area is 89.3 Å². The molecular formula is C9H7BrClFO. The molecule has 0 saturated carbocycles. The van der Waals surface area contributed by atoms with E-state index in [-0.39, 0.29) is 5.82 Å². The van der Waals surface area contributed by atoms with Gasteiger partial charge in [-0.1, -0.05) is 11.6 Å². The lowest BCUT2D eigenvalue weighted by Crippen LogP contribution is -1.93. The van der Waals surface area contributed by atoms with Gasteiger partial charge in [-0.15, -0.1) is 0 Å². The maximum absolute atomic E-state index is 12.9. The molecule has 0 amide bonds. The fourth-order valence-electron chi connectivity index (χ4n) is 0.747.